The van der Waals surface area contributed by atoms with Crippen molar-refractivity contribution in [1.82, 2.24) is 10.6 Å². The first-order chi connectivity index (χ1) is 26.3. The molecule has 302 valence electrons. The largest absolute Gasteiger partial charge is 0.463 e. The van der Waals surface area contributed by atoms with Gasteiger partial charge in [-0.25, -0.2) is 19.2 Å². The van der Waals surface area contributed by atoms with Crippen LogP contribution in [0.4, 0.5) is 21.0 Å². The van der Waals surface area contributed by atoms with Gasteiger partial charge < -0.3 is 36.9 Å². The number of hydrogen-bond donors (Lipinski definition) is 5. The molecule has 0 spiro atoms. The lowest BCUT2D eigenvalue weighted by Gasteiger charge is -2.46. The van der Waals surface area contributed by atoms with E-state index >= 15 is 0 Å². The van der Waals surface area contributed by atoms with E-state index in [-0.39, 0.29) is 34.8 Å². The summed E-state index contributed by atoms with van der Waals surface area (Å²) in [5.41, 5.74) is 13.9. The van der Waals surface area contributed by atoms with Crippen molar-refractivity contribution in [3.63, 3.8) is 0 Å². The van der Waals surface area contributed by atoms with E-state index in [9.17, 15) is 19.2 Å². The summed E-state index contributed by atoms with van der Waals surface area (Å²) in [7, 11) is 0. The molecule has 7 N–H and O–H groups in total. The molecule has 55 heavy (non-hydrogen) atoms. The van der Waals surface area contributed by atoms with Crippen molar-refractivity contribution in [3.05, 3.63) is 71.8 Å². The predicted molar refractivity (Wildman–Crippen MR) is 222 cm³/mol. The van der Waals surface area contributed by atoms with Gasteiger partial charge in [-0.2, -0.15) is 0 Å². The minimum Gasteiger partial charge on any atom is -0.463 e. The number of urea groups is 2. The molecule has 0 bridgehead atoms. The van der Waals surface area contributed by atoms with Crippen molar-refractivity contribution < 1.29 is 28.7 Å². The van der Waals surface area contributed by atoms with Crippen LogP contribution in [0.15, 0.2) is 60.7 Å². The Labute approximate surface area is 328 Å². The van der Waals surface area contributed by atoms with Gasteiger partial charge in [0, 0.05) is 36.1 Å². The standard InChI is InChI=1S/C44H65N5O6/c1-43(2)30-38(31-44(3,32-43)33-47-41(46)52)49-42(53)48-37-24-18-35(19-25-37)21-27-40(51)55-29-15-13-11-9-7-5-4-6-8-10-12-14-28-54-39(50)26-20-34-16-22-36(45)23-17-34/h16-27,38H,4-15,28-33,45H2,1-3H3,(H3,46,47,52)(H2,48,49,53)/b26-20+,27-21+. The Morgan fingerprint density at radius 2 is 1.15 bits per heavy atom. The summed E-state index contributed by atoms with van der Waals surface area (Å²) in [6.45, 7) is 7.81. The average molecular weight is 760 g/mol. The summed E-state index contributed by atoms with van der Waals surface area (Å²) in [4.78, 5) is 48.1. The number of esters is 2. The van der Waals surface area contributed by atoms with Crippen molar-refractivity contribution >= 4 is 47.5 Å². The van der Waals surface area contributed by atoms with Crippen LogP contribution < -0.4 is 27.4 Å². The lowest BCUT2D eigenvalue weighted by atomic mass is 9.62. The van der Waals surface area contributed by atoms with Crippen LogP contribution in [-0.4, -0.2) is 49.8 Å². The summed E-state index contributed by atoms with van der Waals surface area (Å²) >= 11 is 0. The van der Waals surface area contributed by atoms with Gasteiger partial charge in [-0.05, 0) is 90.5 Å². The van der Waals surface area contributed by atoms with Crippen LogP contribution >= 0.6 is 0 Å². The number of unbranched alkanes of at least 4 members (excludes halogenated alkanes) is 11. The Balaban J connectivity index is 1.14. The third kappa shape index (κ3) is 19.9. The summed E-state index contributed by atoms with van der Waals surface area (Å²) in [6.07, 6.45) is 22.4. The monoisotopic (exact) mass is 759 g/mol. The van der Waals surface area contributed by atoms with E-state index in [0.29, 0.717) is 31.1 Å². The molecular formula is C44H65N5O6. The average Bonchev–Trinajstić information content (AvgIpc) is 3.12. The zero-order chi connectivity index (χ0) is 39.9. The number of nitrogens with two attached hydrogens (primary N) is 2. The number of hydrogen-bond acceptors (Lipinski definition) is 7. The van der Waals surface area contributed by atoms with Gasteiger partial charge >= 0.3 is 24.0 Å². The maximum atomic E-state index is 12.8. The molecule has 4 amide bonds. The van der Waals surface area contributed by atoms with Crippen LogP contribution in [0.1, 0.15) is 128 Å². The third-order valence-corrected chi connectivity index (χ3v) is 9.92. The van der Waals surface area contributed by atoms with Crippen molar-refractivity contribution in [3.8, 4) is 0 Å². The third-order valence-electron chi connectivity index (χ3n) is 9.92. The molecule has 2 aromatic carbocycles. The van der Waals surface area contributed by atoms with Crippen molar-refractivity contribution in [2.24, 2.45) is 16.6 Å². The maximum Gasteiger partial charge on any atom is 0.330 e. The zero-order valence-corrected chi connectivity index (χ0v) is 33.3. The molecule has 1 saturated carbocycles. The van der Waals surface area contributed by atoms with E-state index in [1.54, 1.807) is 36.4 Å². The van der Waals surface area contributed by atoms with Gasteiger partial charge in [-0.1, -0.05) is 109 Å². The number of nitrogen functional groups attached to an aromatic ring is 1. The molecule has 11 heteroatoms. The van der Waals surface area contributed by atoms with Crippen molar-refractivity contribution in [2.75, 3.05) is 30.8 Å². The van der Waals surface area contributed by atoms with Crippen LogP contribution in [-0.2, 0) is 19.1 Å². The molecule has 3 rings (SSSR count). The fraction of sp³-hybridized carbons (Fsp3) is 0.545. The minimum atomic E-state index is -0.540. The highest BCUT2D eigenvalue weighted by Crippen LogP contribution is 2.45. The van der Waals surface area contributed by atoms with E-state index in [1.165, 1.54) is 50.7 Å². The number of carbonyl (C=O) groups is 4. The molecule has 0 radical (unpaired) electrons. The molecule has 2 aromatic rings. The molecular weight excluding hydrogens is 695 g/mol. The first kappa shape index (κ1) is 44.6. The molecule has 0 heterocycles. The molecule has 0 aromatic heterocycles. The van der Waals surface area contributed by atoms with Gasteiger partial charge in [-0.3, -0.25) is 0 Å². The van der Waals surface area contributed by atoms with E-state index in [1.807, 2.05) is 24.3 Å². The van der Waals surface area contributed by atoms with Gasteiger partial charge in [0.1, 0.15) is 0 Å². The van der Waals surface area contributed by atoms with E-state index < -0.39 is 6.03 Å². The number of rotatable bonds is 23. The number of carbonyl (C=O) groups excluding carboxylic acids is 4. The second kappa shape index (κ2) is 23.9. The van der Waals surface area contributed by atoms with E-state index in [2.05, 4.69) is 36.7 Å². The molecule has 0 aliphatic heterocycles. The zero-order valence-electron chi connectivity index (χ0n) is 33.3. The number of amides is 4. The predicted octanol–water partition coefficient (Wildman–Crippen LogP) is 9.14. The summed E-state index contributed by atoms with van der Waals surface area (Å²) in [5.74, 6) is -0.675. The number of anilines is 2. The first-order valence-electron chi connectivity index (χ1n) is 20.1. The Kier molecular flexibility index (Phi) is 19.4. The van der Waals surface area contributed by atoms with Crippen LogP contribution in [0, 0.1) is 10.8 Å². The number of nitrogens with one attached hydrogen (secondary N) is 3. The topological polar surface area (TPSA) is 175 Å². The highest BCUT2D eigenvalue weighted by molar-refractivity contribution is 5.90. The van der Waals surface area contributed by atoms with Crippen LogP contribution in [0.5, 0.6) is 0 Å². The Bertz CT molecular complexity index is 1540. The quantitative estimate of drug-likeness (QED) is 0.0325. The van der Waals surface area contributed by atoms with Crippen LogP contribution in [0.2, 0.25) is 0 Å². The highest BCUT2D eigenvalue weighted by Gasteiger charge is 2.41. The molecule has 1 fully saturated rings. The van der Waals surface area contributed by atoms with Gasteiger partial charge in [-0.15, -0.1) is 0 Å². The fourth-order valence-electron chi connectivity index (χ4n) is 7.55. The van der Waals surface area contributed by atoms with Gasteiger partial charge in [0.2, 0.25) is 0 Å². The number of ether oxygens (including phenoxy) is 2. The van der Waals surface area contributed by atoms with Crippen molar-refractivity contribution in [2.45, 2.75) is 123 Å². The molecule has 2 atom stereocenters. The Morgan fingerprint density at radius 3 is 1.62 bits per heavy atom. The molecule has 1 aliphatic carbocycles. The Morgan fingerprint density at radius 1 is 0.691 bits per heavy atom. The second-order valence-electron chi connectivity index (χ2n) is 16.1. The molecule has 0 saturated heterocycles. The lowest BCUT2D eigenvalue weighted by Crippen LogP contribution is -2.51. The normalized spacial score (nSPS) is 17.8. The molecule has 11 nitrogen and oxygen atoms in total. The minimum absolute atomic E-state index is 0.00469. The van der Waals surface area contributed by atoms with Gasteiger partial charge in [0.05, 0.1) is 13.2 Å². The smallest absolute Gasteiger partial charge is 0.330 e. The van der Waals surface area contributed by atoms with Gasteiger partial charge in [0.15, 0.2) is 0 Å². The number of primary amides is 1. The maximum absolute atomic E-state index is 12.8. The molecule has 2 unspecified atom stereocenters. The lowest BCUT2D eigenvalue weighted by molar-refractivity contribution is -0.138. The van der Waals surface area contributed by atoms with Crippen LogP contribution in [0.3, 0.4) is 0 Å². The fourth-order valence-corrected chi connectivity index (χ4v) is 7.55. The van der Waals surface area contributed by atoms with E-state index in [0.717, 1.165) is 68.9 Å². The Hall–Kier alpha value is -4.80. The highest BCUT2D eigenvalue weighted by atomic mass is 16.5. The first-order valence-corrected chi connectivity index (χ1v) is 20.1. The van der Waals surface area contributed by atoms with E-state index in [4.69, 9.17) is 20.9 Å². The molecule has 1 aliphatic rings. The summed E-state index contributed by atoms with van der Waals surface area (Å²) < 4.78 is 10.6. The van der Waals surface area contributed by atoms with Gasteiger partial charge in [0.25, 0.3) is 0 Å². The summed E-state index contributed by atoms with van der Waals surface area (Å²) in [5, 5.41) is 8.73. The SMILES string of the molecule is CC1(C)CC(NC(=O)Nc2ccc(/C=C/C(=O)OCCCCCCCCCCCCCCOC(=O)/C=C/c3ccc(N)cc3)cc2)CC(C)(CNC(N)=O)C1. The second-order valence-corrected chi connectivity index (χ2v) is 16.1. The van der Waals surface area contributed by atoms with Crippen molar-refractivity contribution in [1.29, 1.82) is 0 Å². The number of benzene rings is 2. The summed E-state index contributed by atoms with van der Waals surface area (Å²) in [6, 6.07) is 13.7. The van der Waals surface area contributed by atoms with Crippen LogP contribution in [0.25, 0.3) is 12.2 Å².